The van der Waals surface area contributed by atoms with Gasteiger partial charge in [-0.15, -0.1) is 0 Å². The smallest absolute Gasteiger partial charge is 0.385 e. The van der Waals surface area contributed by atoms with Crippen LogP contribution in [-0.4, -0.2) is 57.7 Å². The average Bonchev–Trinajstić information content (AvgIpc) is 2.80. The number of carbonyl (C=O) groups excluding carboxylic acids is 1. The molecule has 2 aliphatic rings. The van der Waals surface area contributed by atoms with E-state index in [1.54, 1.807) is 6.07 Å². The van der Waals surface area contributed by atoms with Crippen molar-refractivity contribution in [1.29, 1.82) is 0 Å². The number of pyridine rings is 1. The Morgan fingerprint density at radius 3 is 2.54 bits per heavy atom. The minimum absolute atomic E-state index is 0.0242. The number of amides is 1. The van der Waals surface area contributed by atoms with Gasteiger partial charge >= 0.3 is 6.18 Å². The third-order valence-corrected chi connectivity index (χ3v) is 6.82. The second-order valence-corrected chi connectivity index (χ2v) is 9.26. The largest absolute Gasteiger partial charge is 0.416 e. The van der Waals surface area contributed by atoms with Crippen LogP contribution in [0.25, 0.3) is 0 Å². The fourth-order valence-corrected chi connectivity index (χ4v) is 4.76. The Morgan fingerprint density at radius 1 is 1.20 bits per heavy atom. The number of carbonyl (C=O) groups is 1. The highest BCUT2D eigenvalue weighted by Crippen LogP contribution is 2.39. The van der Waals surface area contributed by atoms with Crippen molar-refractivity contribution in [2.45, 2.75) is 55.8 Å². The SMILES string of the molecule is O=C(CNC(O)c1cccc(C(F)(F)F)c1)NC1CN(C2CCC(O)(c3ccc(F)nc3)CC2)C1. The maximum Gasteiger partial charge on any atom is 0.416 e. The number of aromatic nitrogens is 1. The highest BCUT2D eigenvalue weighted by Gasteiger charge is 2.40. The van der Waals surface area contributed by atoms with E-state index in [0.717, 1.165) is 25.0 Å². The molecule has 1 aromatic heterocycles. The van der Waals surface area contributed by atoms with Gasteiger partial charge in [-0.05, 0) is 49.4 Å². The van der Waals surface area contributed by atoms with Gasteiger partial charge in [-0.1, -0.05) is 18.2 Å². The van der Waals surface area contributed by atoms with Gasteiger partial charge in [0.1, 0.15) is 6.23 Å². The summed E-state index contributed by atoms with van der Waals surface area (Å²) in [6.45, 7) is 1.07. The summed E-state index contributed by atoms with van der Waals surface area (Å²) in [5.74, 6) is -0.942. The minimum Gasteiger partial charge on any atom is -0.385 e. The first-order chi connectivity index (χ1) is 16.5. The maximum atomic E-state index is 13.1. The minimum atomic E-state index is -4.52. The van der Waals surface area contributed by atoms with Crippen molar-refractivity contribution in [2.24, 2.45) is 0 Å². The standard InChI is InChI=1S/C24H28F4N4O3/c25-20-5-4-17(11-29-20)23(35)8-6-19(7-9-23)32-13-18(14-32)31-21(33)12-30-22(34)15-2-1-3-16(10-15)24(26,27)28/h1-5,10-11,18-19,22,30,34-35H,6-9,12-14H2,(H,31,33). The van der Waals surface area contributed by atoms with Gasteiger partial charge in [-0.3, -0.25) is 15.0 Å². The second kappa shape index (κ2) is 10.2. The van der Waals surface area contributed by atoms with Gasteiger partial charge in [0, 0.05) is 30.9 Å². The molecule has 1 aromatic carbocycles. The summed E-state index contributed by atoms with van der Waals surface area (Å²) in [6, 6.07) is 7.34. The number of nitrogens with zero attached hydrogens (tertiary/aromatic N) is 2. The number of aliphatic hydroxyl groups excluding tert-OH is 1. The molecule has 1 saturated heterocycles. The van der Waals surface area contributed by atoms with Crippen molar-refractivity contribution in [1.82, 2.24) is 20.5 Å². The molecular weight excluding hydrogens is 468 g/mol. The molecule has 1 unspecified atom stereocenters. The zero-order chi connectivity index (χ0) is 25.2. The Morgan fingerprint density at radius 2 is 1.91 bits per heavy atom. The van der Waals surface area contributed by atoms with Crippen molar-refractivity contribution in [3.8, 4) is 0 Å². The Balaban J connectivity index is 1.17. The lowest BCUT2D eigenvalue weighted by Crippen LogP contribution is -2.63. The fraction of sp³-hybridized carbons (Fsp3) is 0.500. The number of benzene rings is 1. The first kappa shape index (κ1) is 25.5. The van der Waals surface area contributed by atoms with Crippen LogP contribution in [0.4, 0.5) is 17.6 Å². The Bertz CT molecular complexity index is 1020. The number of hydrogen-bond acceptors (Lipinski definition) is 6. The van der Waals surface area contributed by atoms with E-state index < -0.39 is 29.5 Å². The summed E-state index contributed by atoms with van der Waals surface area (Å²) in [7, 11) is 0. The lowest BCUT2D eigenvalue weighted by molar-refractivity contribution is -0.137. The van der Waals surface area contributed by atoms with E-state index in [4.69, 9.17) is 0 Å². The van der Waals surface area contributed by atoms with Gasteiger partial charge < -0.3 is 15.5 Å². The molecule has 11 heteroatoms. The van der Waals surface area contributed by atoms with E-state index >= 15 is 0 Å². The number of hydrogen-bond donors (Lipinski definition) is 4. The molecule has 2 fully saturated rings. The number of aliphatic hydroxyl groups is 2. The number of likely N-dealkylation sites (tertiary alicyclic amines) is 1. The fourth-order valence-electron chi connectivity index (χ4n) is 4.76. The van der Waals surface area contributed by atoms with E-state index in [9.17, 15) is 32.6 Å². The van der Waals surface area contributed by atoms with Crippen molar-refractivity contribution < 1.29 is 32.6 Å². The summed E-state index contributed by atoms with van der Waals surface area (Å²) in [6.07, 6.45) is -1.94. The normalized spacial score (nSPS) is 24.6. The topological polar surface area (TPSA) is 97.7 Å². The zero-order valence-electron chi connectivity index (χ0n) is 18.9. The van der Waals surface area contributed by atoms with Gasteiger partial charge in [0.25, 0.3) is 0 Å². The van der Waals surface area contributed by atoms with Crippen molar-refractivity contribution in [2.75, 3.05) is 19.6 Å². The van der Waals surface area contributed by atoms with Crippen LogP contribution in [0.1, 0.15) is 48.6 Å². The van der Waals surface area contributed by atoms with E-state index in [2.05, 4.69) is 20.5 Å². The lowest BCUT2D eigenvalue weighted by atomic mass is 9.77. The number of alkyl halides is 3. The third kappa shape index (κ3) is 6.16. The lowest BCUT2D eigenvalue weighted by Gasteiger charge is -2.48. The van der Waals surface area contributed by atoms with Crippen molar-refractivity contribution in [3.63, 3.8) is 0 Å². The molecule has 2 aromatic rings. The highest BCUT2D eigenvalue weighted by molar-refractivity contribution is 5.78. The monoisotopic (exact) mass is 496 g/mol. The van der Waals surface area contributed by atoms with E-state index in [-0.39, 0.29) is 30.1 Å². The molecule has 2 heterocycles. The Hall–Kier alpha value is -2.60. The van der Waals surface area contributed by atoms with Gasteiger partial charge in [0.05, 0.1) is 23.8 Å². The molecule has 190 valence electrons. The van der Waals surface area contributed by atoms with Crippen LogP contribution in [0, 0.1) is 5.95 Å². The molecule has 0 spiro atoms. The molecule has 35 heavy (non-hydrogen) atoms. The Kier molecular flexibility index (Phi) is 7.41. The van der Waals surface area contributed by atoms with Crippen LogP contribution < -0.4 is 10.6 Å². The van der Waals surface area contributed by atoms with E-state index in [1.807, 2.05) is 0 Å². The molecule has 4 rings (SSSR count). The average molecular weight is 497 g/mol. The quantitative estimate of drug-likeness (QED) is 0.267. The van der Waals surface area contributed by atoms with Crippen molar-refractivity contribution in [3.05, 3.63) is 65.2 Å². The highest BCUT2D eigenvalue weighted by atomic mass is 19.4. The van der Waals surface area contributed by atoms with Crippen molar-refractivity contribution >= 4 is 5.91 Å². The van der Waals surface area contributed by atoms with E-state index in [1.165, 1.54) is 24.4 Å². The number of nitrogens with one attached hydrogen (secondary N) is 2. The molecule has 1 saturated carbocycles. The van der Waals surface area contributed by atoms with Crippen LogP contribution in [0.5, 0.6) is 0 Å². The molecule has 0 radical (unpaired) electrons. The molecule has 1 aliphatic carbocycles. The predicted octanol–water partition coefficient (Wildman–Crippen LogP) is 2.45. The van der Waals surface area contributed by atoms with Gasteiger partial charge in [-0.25, -0.2) is 4.98 Å². The van der Waals surface area contributed by atoms with Crippen LogP contribution in [0.15, 0.2) is 42.6 Å². The molecule has 1 atom stereocenters. The van der Waals surface area contributed by atoms with Gasteiger partial charge in [0.2, 0.25) is 11.9 Å². The summed E-state index contributed by atoms with van der Waals surface area (Å²) in [5, 5.41) is 26.4. The number of rotatable bonds is 7. The van der Waals surface area contributed by atoms with Crippen LogP contribution in [0.2, 0.25) is 0 Å². The molecule has 1 aliphatic heterocycles. The summed E-state index contributed by atoms with van der Waals surface area (Å²) in [5.41, 5.74) is -1.24. The zero-order valence-corrected chi connectivity index (χ0v) is 18.9. The first-order valence-electron chi connectivity index (χ1n) is 11.5. The third-order valence-electron chi connectivity index (χ3n) is 6.82. The molecule has 1 amide bonds. The summed E-state index contributed by atoms with van der Waals surface area (Å²) in [4.78, 5) is 18.1. The first-order valence-corrected chi connectivity index (χ1v) is 11.5. The van der Waals surface area contributed by atoms with Crippen LogP contribution >= 0.6 is 0 Å². The summed E-state index contributed by atoms with van der Waals surface area (Å²) < 4.78 is 51.6. The molecular formula is C24H28F4N4O3. The summed E-state index contributed by atoms with van der Waals surface area (Å²) >= 11 is 0. The second-order valence-electron chi connectivity index (χ2n) is 9.26. The molecule has 7 nitrogen and oxygen atoms in total. The molecule has 0 bridgehead atoms. The van der Waals surface area contributed by atoms with Gasteiger partial charge in [-0.2, -0.15) is 17.6 Å². The number of halogens is 4. The Labute approximate surface area is 200 Å². The van der Waals surface area contributed by atoms with E-state index in [0.29, 0.717) is 31.5 Å². The van der Waals surface area contributed by atoms with Crippen LogP contribution in [0.3, 0.4) is 0 Å². The maximum absolute atomic E-state index is 13.1. The van der Waals surface area contributed by atoms with Crippen LogP contribution in [-0.2, 0) is 16.6 Å². The van der Waals surface area contributed by atoms with Gasteiger partial charge in [0.15, 0.2) is 0 Å². The predicted molar refractivity (Wildman–Crippen MR) is 118 cm³/mol. The molecule has 4 N–H and O–H groups in total.